The van der Waals surface area contributed by atoms with E-state index in [4.69, 9.17) is 5.11 Å². The number of rotatable bonds is 4. The lowest BCUT2D eigenvalue weighted by molar-refractivity contribution is -0.141. The molecular formula is C12H22N2O3S. The molecule has 2 atom stereocenters. The van der Waals surface area contributed by atoms with Crippen molar-refractivity contribution in [3.63, 3.8) is 0 Å². The Hall–Kier alpha value is -0.910. The second-order valence-corrected chi connectivity index (χ2v) is 7.03. The van der Waals surface area contributed by atoms with E-state index in [0.29, 0.717) is 11.8 Å². The summed E-state index contributed by atoms with van der Waals surface area (Å²) in [6, 6.07) is -1.28. The Kier molecular flexibility index (Phi) is 5.31. The molecule has 1 rings (SSSR count). The van der Waals surface area contributed by atoms with Gasteiger partial charge in [0.15, 0.2) is 0 Å². The molecular weight excluding hydrogens is 252 g/mol. The average molecular weight is 274 g/mol. The van der Waals surface area contributed by atoms with Gasteiger partial charge in [-0.25, -0.2) is 9.59 Å². The predicted octanol–water partition coefficient (Wildman–Crippen LogP) is 1.68. The zero-order valence-corrected chi connectivity index (χ0v) is 12.0. The van der Waals surface area contributed by atoms with E-state index in [1.807, 2.05) is 11.8 Å². The molecule has 1 heterocycles. The topological polar surface area (TPSA) is 78.4 Å². The molecule has 0 bridgehead atoms. The maximum Gasteiger partial charge on any atom is 0.326 e. The molecule has 6 heteroatoms. The molecule has 0 aliphatic carbocycles. The van der Waals surface area contributed by atoms with Crippen LogP contribution in [0.4, 0.5) is 4.79 Å². The number of thioether (sulfide) groups is 1. The first kappa shape index (κ1) is 15.1. The molecule has 1 aliphatic heterocycles. The van der Waals surface area contributed by atoms with Crippen molar-refractivity contribution in [3.05, 3.63) is 0 Å². The molecule has 0 aromatic heterocycles. The third kappa shape index (κ3) is 4.76. The Morgan fingerprint density at radius 3 is 2.56 bits per heavy atom. The monoisotopic (exact) mass is 274 g/mol. The van der Waals surface area contributed by atoms with E-state index in [0.717, 1.165) is 12.2 Å². The lowest BCUT2D eigenvalue weighted by atomic mass is 9.87. The van der Waals surface area contributed by atoms with E-state index in [-0.39, 0.29) is 0 Å². The molecule has 0 radical (unpaired) electrons. The lowest BCUT2D eigenvalue weighted by Crippen LogP contribution is -2.52. The summed E-state index contributed by atoms with van der Waals surface area (Å²) in [5.41, 5.74) is -0.509. The molecule has 5 nitrogen and oxygen atoms in total. The number of nitrogens with one attached hydrogen (secondary N) is 2. The highest BCUT2D eigenvalue weighted by atomic mass is 32.2. The molecule has 0 saturated carbocycles. The zero-order valence-electron chi connectivity index (χ0n) is 11.2. The fraction of sp³-hybridized carbons (Fsp3) is 0.833. The molecule has 0 spiro atoms. The smallest absolute Gasteiger partial charge is 0.326 e. The normalized spacial score (nSPS) is 21.4. The highest BCUT2D eigenvalue weighted by molar-refractivity contribution is 8.00. The van der Waals surface area contributed by atoms with Crippen molar-refractivity contribution in [3.8, 4) is 0 Å². The summed E-state index contributed by atoms with van der Waals surface area (Å²) in [5.74, 6) is 0.140. The Bertz CT molecular complexity index is 309. The van der Waals surface area contributed by atoms with Gasteiger partial charge in [-0.3, -0.25) is 0 Å². The maximum atomic E-state index is 11.7. The molecule has 0 aromatic rings. The van der Waals surface area contributed by atoms with Crippen molar-refractivity contribution in [2.75, 3.05) is 12.3 Å². The predicted molar refractivity (Wildman–Crippen MR) is 72.9 cm³/mol. The number of amides is 2. The van der Waals surface area contributed by atoms with E-state index >= 15 is 0 Å². The average Bonchev–Trinajstić information content (AvgIpc) is 2.73. The van der Waals surface area contributed by atoms with E-state index in [1.54, 1.807) is 20.8 Å². The molecule has 1 saturated heterocycles. The van der Waals surface area contributed by atoms with Crippen LogP contribution in [-0.2, 0) is 4.79 Å². The number of aliphatic carboxylic acids is 1. The van der Waals surface area contributed by atoms with Gasteiger partial charge in [0.25, 0.3) is 0 Å². The molecule has 2 amide bonds. The van der Waals surface area contributed by atoms with Gasteiger partial charge in [-0.15, -0.1) is 0 Å². The summed E-state index contributed by atoms with van der Waals surface area (Å²) in [5, 5.41) is 14.8. The van der Waals surface area contributed by atoms with E-state index < -0.39 is 23.5 Å². The van der Waals surface area contributed by atoms with Crippen LogP contribution in [-0.4, -0.2) is 40.7 Å². The standard InChI is InChI=1S/C12H22N2O3S/c1-12(2,3)9(10(15)16)14-11(17)13-7-8-5-4-6-18-8/h8-9H,4-7H2,1-3H3,(H,15,16)(H2,13,14,17)/t8?,9-/m1/s1. The summed E-state index contributed by atoms with van der Waals surface area (Å²) < 4.78 is 0. The summed E-state index contributed by atoms with van der Waals surface area (Å²) >= 11 is 1.86. The van der Waals surface area contributed by atoms with Gasteiger partial charge in [-0.1, -0.05) is 20.8 Å². The number of carboxylic acid groups (broad SMARTS) is 1. The minimum atomic E-state index is -1.01. The van der Waals surface area contributed by atoms with Crippen molar-refractivity contribution in [1.29, 1.82) is 0 Å². The van der Waals surface area contributed by atoms with Crippen molar-refractivity contribution < 1.29 is 14.7 Å². The van der Waals surface area contributed by atoms with Gasteiger partial charge in [0.1, 0.15) is 6.04 Å². The molecule has 18 heavy (non-hydrogen) atoms. The Morgan fingerprint density at radius 2 is 2.11 bits per heavy atom. The summed E-state index contributed by atoms with van der Waals surface area (Å²) in [6.07, 6.45) is 2.31. The van der Waals surface area contributed by atoms with E-state index in [1.165, 1.54) is 6.42 Å². The molecule has 1 aliphatic rings. The second-order valence-electron chi connectivity index (χ2n) is 5.63. The van der Waals surface area contributed by atoms with Gasteiger partial charge >= 0.3 is 12.0 Å². The summed E-state index contributed by atoms with van der Waals surface area (Å²) in [4.78, 5) is 22.8. The first-order valence-electron chi connectivity index (χ1n) is 6.19. The van der Waals surface area contributed by atoms with Crippen LogP contribution >= 0.6 is 11.8 Å². The fourth-order valence-electron chi connectivity index (χ4n) is 1.84. The first-order chi connectivity index (χ1) is 8.30. The van der Waals surface area contributed by atoms with Gasteiger partial charge in [-0.2, -0.15) is 11.8 Å². The van der Waals surface area contributed by atoms with Gasteiger partial charge in [0, 0.05) is 11.8 Å². The molecule has 1 unspecified atom stereocenters. The third-order valence-electron chi connectivity index (χ3n) is 2.90. The Labute approximate surface area is 112 Å². The van der Waals surface area contributed by atoms with Crippen LogP contribution < -0.4 is 10.6 Å². The number of hydrogen-bond acceptors (Lipinski definition) is 3. The minimum Gasteiger partial charge on any atom is -0.480 e. The zero-order chi connectivity index (χ0) is 13.8. The summed E-state index contributed by atoms with van der Waals surface area (Å²) in [7, 11) is 0. The van der Waals surface area contributed by atoms with Crippen LogP contribution in [0, 0.1) is 5.41 Å². The number of hydrogen-bond donors (Lipinski definition) is 3. The lowest BCUT2D eigenvalue weighted by Gasteiger charge is -2.27. The van der Waals surface area contributed by atoms with E-state index in [2.05, 4.69) is 10.6 Å². The van der Waals surface area contributed by atoms with E-state index in [9.17, 15) is 9.59 Å². The van der Waals surface area contributed by atoms with Gasteiger partial charge in [0.05, 0.1) is 0 Å². The highest BCUT2D eigenvalue weighted by Gasteiger charge is 2.32. The fourth-order valence-corrected chi connectivity index (χ4v) is 3.04. The second kappa shape index (κ2) is 6.31. The van der Waals surface area contributed by atoms with Crippen molar-refractivity contribution in [2.24, 2.45) is 5.41 Å². The molecule has 3 N–H and O–H groups in total. The third-order valence-corrected chi connectivity index (χ3v) is 4.30. The van der Waals surface area contributed by atoms with Crippen LogP contribution in [0.1, 0.15) is 33.6 Å². The SMILES string of the molecule is CC(C)(C)[C@H](NC(=O)NCC1CCCS1)C(=O)O. The number of carbonyl (C=O) groups is 2. The first-order valence-corrected chi connectivity index (χ1v) is 7.24. The van der Waals surface area contributed by atoms with Crippen molar-refractivity contribution >= 4 is 23.8 Å². The highest BCUT2D eigenvalue weighted by Crippen LogP contribution is 2.25. The van der Waals surface area contributed by atoms with Gasteiger partial charge in [-0.05, 0) is 24.0 Å². The summed E-state index contributed by atoms with van der Waals surface area (Å²) in [6.45, 7) is 5.98. The minimum absolute atomic E-state index is 0.398. The number of urea groups is 1. The number of carboxylic acids is 1. The van der Waals surface area contributed by atoms with Crippen LogP contribution in [0.2, 0.25) is 0 Å². The van der Waals surface area contributed by atoms with Gasteiger partial charge < -0.3 is 15.7 Å². The van der Waals surface area contributed by atoms with Crippen LogP contribution in [0.5, 0.6) is 0 Å². The quantitative estimate of drug-likeness (QED) is 0.729. The molecule has 0 aromatic carbocycles. The van der Waals surface area contributed by atoms with Gasteiger partial charge in [0.2, 0.25) is 0 Å². The van der Waals surface area contributed by atoms with Crippen LogP contribution in [0.3, 0.4) is 0 Å². The molecule has 1 fully saturated rings. The van der Waals surface area contributed by atoms with Crippen molar-refractivity contribution in [1.82, 2.24) is 10.6 Å². The van der Waals surface area contributed by atoms with Crippen LogP contribution in [0.15, 0.2) is 0 Å². The molecule has 104 valence electrons. The Balaban J connectivity index is 2.39. The number of carbonyl (C=O) groups excluding carboxylic acids is 1. The van der Waals surface area contributed by atoms with Crippen molar-refractivity contribution in [2.45, 2.75) is 44.9 Å². The van der Waals surface area contributed by atoms with Crippen LogP contribution in [0.25, 0.3) is 0 Å². The maximum absolute atomic E-state index is 11.7. The largest absolute Gasteiger partial charge is 0.480 e. The Morgan fingerprint density at radius 1 is 1.44 bits per heavy atom.